The first-order valence-corrected chi connectivity index (χ1v) is 10.7. The fourth-order valence-corrected chi connectivity index (χ4v) is 4.58. The van der Waals surface area contributed by atoms with E-state index in [-0.39, 0.29) is 16.2 Å². The van der Waals surface area contributed by atoms with Gasteiger partial charge in [0.1, 0.15) is 5.82 Å². The number of aryl methyl sites for hydroxylation is 2. The molecule has 0 saturated heterocycles. The van der Waals surface area contributed by atoms with Crippen molar-refractivity contribution < 1.29 is 17.2 Å². The molecule has 4 rings (SSSR count). The zero-order chi connectivity index (χ0) is 20.4. The van der Waals surface area contributed by atoms with Crippen molar-refractivity contribution in [1.82, 2.24) is 4.57 Å². The molecule has 0 aliphatic heterocycles. The second kappa shape index (κ2) is 7.67. The number of fused-ring (bicyclic) bond motifs is 1. The van der Waals surface area contributed by atoms with E-state index in [0.29, 0.717) is 24.0 Å². The molecule has 0 aliphatic carbocycles. The predicted molar refractivity (Wildman–Crippen MR) is 108 cm³/mol. The minimum Gasteiger partial charge on any atom is -0.408 e. The Balaban J connectivity index is 1.61. The summed E-state index contributed by atoms with van der Waals surface area (Å²) >= 11 is 0. The van der Waals surface area contributed by atoms with E-state index in [0.717, 1.165) is 5.56 Å². The Morgan fingerprint density at radius 3 is 2.34 bits per heavy atom. The van der Waals surface area contributed by atoms with E-state index in [1.807, 2.05) is 30.3 Å². The van der Waals surface area contributed by atoms with E-state index in [2.05, 4.69) is 0 Å². The maximum Gasteiger partial charge on any atom is 0.419 e. The quantitative estimate of drug-likeness (QED) is 0.482. The van der Waals surface area contributed by atoms with Crippen molar-refractivity contribution >= 4 is 20.9 Å². The molecule has 0 saturated carbocycles. The molecule has 0 atom stereocenters. The molecular formula is C22H18FNO4S. The molecule has 0 N–H and O–H groups in total. The molecule has 1 heterocycles. The van der Waals surface area contributed by atoms with Gasteiger partial charge in [-0.2, -0.15) is 0 Å². The van der Waals surface area contributed by atoms with Crippen LogP contribution in [-0.4, -0.2) is 13.0 Å². The SMILES string of the molecule is O=c1oc2cc(S(=O)(=O)Cc3ccc(F)cc3)ccc2n1CCc1ccccc1. The van der Waals surface area contributed by atoms with E-state index in [4.69, 9.17) is 4.42 Å². The minimum absolute atomic E-state index is 0.0540. The van der Waals surface area contributed by atoms with Gasteiger partial charge < -0.3 is 4.42 Å². The van der Waals surface area contributed by atoms with E-state index in [1.165, 1.54) is 41.0 Å². The van der Waals surface area contributed by atoms with E-state index in [9.17, 15) is 17.6 Å². The summed E-state index contributed by atoms with van der Waals surface area (Å²) in [6, 6.07) is 19.5. The van der Waals surface area contributed by atoms with Crippen molar-refractivity contribution in [3.05, 3.63) is 100 Å². The lowest BCUT2D eigenvalue weighted by Gasteiger charge is -2.06. The van der Waals surface area contributed by atoms with Crippen molar-refractivity contribution in [1.29, 1.82) is 0 Å². The van der Waals surface area contributed by atoms with E-state index >= 15 is 0 Å². The molecule has 29 heavy (non-hydrogen) atoms. The molecule has 3 aromatic carbocycles. The van der Waals surface area contributed by atoms with Crippen LogP contribution in [0.15, 0.2) is 86.9 Å². The molecule has 5 nitrogen and oxygen atoms in total. The normalized spacial score (nSPS) is 11.8. The smallest absolute Gasteiger partial charge is 0.408 e. The van der Waals surface area contributed by atoms with Crippen LogP contribution in [0, 0.1) is 5.82 Å². The minimum atomic E-state index is -3.67. The van der Waals surface area contributed by atoms with Gasteiger partial charge in [-0.15, -0.1) is 0 Å². The van der Waals surface area contributed by atoms with Gasteiger partial charge in [-0.05, 0) is 41.8 Å². The van der Waals surface area contributed by atoms with Crippen molar-refractivity contribution in [2.45, 2.75) is 23.6 Å². The summed E-state index contributed by atoms with van der Waals surface area (Å²) in [7, 11) is -3.67. The molecule has 148 valence electrons. The summed E-state index contributed by atoms with van der Waals surface area (Å²) in [6.45, 7) is 0.428. The average Bonchev–Trinajstić information content (AvgIpc) is 3.03. The Bertz CT molecular complexity index is 1310. The summed E-state index contributed by atoms with van der Waals surface area (Å²) in [5.41, 5.74) is 2.34. The first kappa shape index (κ1) is 19.1. The van der Waals surface area contributed by atoms with Crippen LogP contribution in [0.3, 0.4) is 0 Å². The van der Waals surface area contributed by atoms with Gasteiger partial charge in [-0.25, -0.2) is 17.6 Å². The third-order valence-electron chi connectivity index (χ3n) is 4.74. The first-order chi connectivity index (χ1) is 13.9. The molecule has 4 aromatic rings. The van der Waals surface area contributed by atoms with Gasteiger partial charge in [0.05, 0.1) is 16.2 Å². The molecule has 0 spiro atoms. The Morgan fingerprint density at radius 1 is 0.897 bits per heavy atom. The lowest BCUT2D eigenvalue weighted by molar-refractivity contribution is 0.504. The van der Waals surface area contributed by atoms with Gasteiger partial charge in [0.15, 0.2) is 15.4 Å². The summed E-state index contributed by atoms with van der Waals surface area (Å²) in [4.78, 5) is 12.3. The number of halogens is 1. The highest BCUT2D eigenvalue weighted by Gasteiger charge is 2.18. The standard InChI is InChI=1S/C22H18FNO4S/c23-18-8-6-17(7-9-18)15-29(26,27)19-10-11-20-21(14-19)28-22(25)24(20)13-12-16-4-2-1-3-5-16/h1-11,14H,12-13,15H2. The average molecular weight is 411 g/mol. The maximum atomic E-state index is 13.0. The van der Waals surface area contributed by atoms with Gasteiger partial charge in [-0.3, -0.25) is 4.57 Å². The summed E-state index contributed by atoms with van der Waals surface area (Å²) < 4.78 is 45.2. The van der Waals surface area contributed by atoms with Crippen LogP contribution in [0.1, 0.15) is 11.1 Å². The largest absolute Gasteiger partial charge is 0.419 e. The Hall–Kier alpha value is -3.19. The maximum absolute atomic E-state index is 13.0. The fraction of sp³-hybridized carbons (Fsp3) is 0.136. The predicted octanol–water partition coefficient (Wildman–Crippen LogP) is 3.95. The number of sulfone groups is 1. The van der Waals surface area contributed by atoms with Crippen LogP contribution in [0.4, 0.5) is 4.39 Å². The second-order valence-electron chi connectivity index (χ2n) is 6.77. The molecule has 0 radical (unpaired) electrons. The van der Waals surface area contributed by atoms with E-state index < -0.39 is 21.4 Å². The van der Waals surface area contributed by atoms with Gasteiger partial charge in [0.25, 0.3) is 0 Å². The lowest BCUT2D eigenvalue weighted by Crippen LogP contribution is -2.15. The first-order valence-electron chi connectivity index (χ1n) is 9.07. The van der Waals surface area contributed by atoms with Gasteiger partial charge in [0.2, 0.25) is 0 Å². The van der Waals surface area contributed by atoms with Crippen molar-refractivity contribution in [2.24, 2.45) is 0 Å². The van der Waals surface area contributed by atoms with Crippen LogP contribution in [0.5, 0.6) is 0 Å². The second-order valence-corrected chi connectivity index (χ2v) is 8.76. The third kappa shape index (κ3) is 4.14. The molecule has 1 aromatic heterocycles. The molecule has 0 fully saturated rings. The van der Waals surface area contributed by atoms with Crippen LogP contribution >= 0.6 is 0 Å². The van der Waals surface area contributed by atoms with Gasteiger partial charge in [-0.1, -0.05) is 42.5 Å². The number of oxazole rings is 1. The zero-order valence-corrected chi connectivity index (χ0v) is 16.2. The third-order valence-corrected chi connectivity index (χ3v) is 6.42. The Labute approximate surface area is 166 Å². The monoisotopic (exact) mass is 411 g/mol. The highest BCUT2D eigenvalue weighted by molar-refractivity contribution is 7.90. The lowest BCUT2D eigenvalue weighted by atomic mass is 10.1. The Morgan fingerprint density at radius 2 is 1.62 bits per heavy atom. The molecule has 0 amide bonds. The van der Waals surface area contributed by atoms with Crippen LogP contribution < -0.4 is 5.76 Å². The van der Waals surface area contributed by atoms with Crippen LogP contribution in [0.25, 0.3) is 11.1 Å². The number of aromatic nitrogens is 1. The van der Waals surface area contributed by atoms with Crippen molar-refractivity contribution in [3.8, 4) is 0 Å². The zero-order valence-electron chi connectivity index (χ0n) is 15.4. The number of hydrogen-bond donors (Lipinski definition) is 0. The molecule has 7 heteroatoms. The van der Waals surface area contributed by atoms with Gasteiger partial charge >= 0.3 is 5.76 Å². The number of rotatable bonds is 6. The number of nitrogens with zero attached hydrogens (tertiary/aromatic N) is 1. The van der Waals surface area contributed by atoms with Gasteiger partial charge in [0, 0.05) is 12.6 Å². The molecule has 0 bridgehead atoms. The topological polar surface area (TPSA) is 69.3 Å². The highest BCUT2D eigenvalue weighted by Crippen LogP contribution is 2.22. The fourth-order valence-electron chi connectivity index (χ4n) is 3.22. The Kier molecular flexibility index (Phi) is 5.07. The van der Waals surface area contributed by atoms with Crippen molar-refractivity contribution in [3.63, 3.8) is 0 Å². The van der Waals surface area contributed by atoms with E-state index in [1.54, 1.807) is 6.07 Å². The van der Waals surface area contributed by atoms with Crippen molar-refractivity contribution in [2.75, 3.05) is 0 Å². The molecule has 0 aliphatic rings. The number of benzene rings is 3. The van der Waals surface area contributed by atoms with Crippen LogP contribution in [0.2, 0.25) is 0 Å². The molecule has 0 unspecified atom stereocenters. The summed E-state index contributed by atoms with van der Waals surface area (Å²) in [6.07, 6.45) is 0.653. The number of hydrogen-bond acceptors (Lipinski definition) is 4. The molecular weight excluding hydrogens is 393 g/mol. The summed E-state index contributed by atoms with van der Waals surface area (Å²) in [5, 5.41) is 0. The van der Waals surface area contributed by atoms with Crippen LogP contribution in [-0.2, 0) is 28.6 Å². The highest BCUT2D eigenvalue weighted by atomic mass is 32.2. The summed E-state index contributed by atoms with van der Waals surface area (Å²) in [5.74, 6) is -1.22.